The third kappa shape index (κ3) is 5.21. The molecule has 2 atom stereocenters. The maximum absolute atomic E-state index is 14.4. The zero-order chi connectivity index (χ0) is 29.0. The number of allylic oxidation sites excluding steroid dienone is 1. The van der Waals surface area contributed by atoms with Crippen molar-refractivity contribution in [1.29, 1.82) is 5.26 Å². The first kappa shape index (κ1) is 28.4. The van der Waals surface area contributed by atoms with E-state index < -0.39 is 17.1 Å². The molecule has 0 N–H and O–H groups in total. The number of hydrogen-bond donors (Lipinski definition) is 0. The molecule has 0 saturated carbocycles. The summed E-state index contributed by atoms with van der Waals surface area (Å²) in [7, 11) is 4.91. The van der Waals surface area contributed by atoms with Crippen LogP contribution in [0, 0.1) is 16.7 Å². The van der Waals surface area contributed by atoms with Crippen LogP contribution in [-0.2, 0) is 14.3 Å². The summed E-state index contributed by atoms with van der Waals surface area (Å²) >= 11 is 0. The first-order valence-corrected chi connectivity index (χ1v) is 14.0. The molecule has 1 aliphatic heterocycles. The van der Waals surface area contributed by atoms with Crippen molar-refractivity contribution < 1.29 is 19.0 Å². The topological polar surface area (TPSA) is 75.0 Å². The number of nitrogens with zero attached hydrogens (tertiary/aromatic N) is 3. The summed E-state index contributed by atoms with van der Waals surface area (Å²) < 4.78 is 17.0. The summed E-state index contributed by atoms with van der Waals surface area (Å²) in [6.45, 7) is 4.06. The second-order valence-corrected chi connectivity index (χ2v) is 10.7. The van der Waals surface area contributed by atoms with E-state index in [-0.39, 0.29) is 5.91 Å². The lowest BCUT2D eigenvalue weighted by Gasteiger charge is -2.42. The van der Waals surface area contributed by atoms with E-state index in [4.69, 9.17) is 14.2 Å². The van der Waals surface area contributed by atoms with E-state index in [1.54, 1.807) is 28.3 Å². The monoisotopic (exact) mass is 551 g/mol. The molecule has 0 spiro atoms. The molecule has 1 fully saturated rings. The molecule has 1 amide bonds. The Bertz CT molecular complexity index is 1510. The van der Waals surface area contributed by atoms with E-state index in [1.807, 2.05) is 59.5 Å². The number of methoxy groups -OCH3 is 3. The summed E-state index contributed by atoms with van der Waals surface area (Å²) in [5.74, 6) is -0.856. The zero-order valence-corrected chi connectivity index (χ0v) is 24.2. The maximum Gasteiger partial charge on any atom is 0.243 e. The van der Waals surface area contributed by atoms with E-state index in [2.05, 4.69) is 41.3 Å². The van der Waals surface area contributed by atoms with E-state index in [0.717, 1.165) is 27.6 Å². The Morgan fingerprint density at radius 2 is 1.59 bits per heavy atom. The van der Waals surface area contributed by atoms with Crippen molar-refractivity contribution in [2.24, 2.45) is 5.41 Å². The normalized spacial score (nSPS) is 18.8. The Kier molecular flexibility index (Phi) is 8.16. The van der Waals surface area contributed by atoms with Crippen molar-refractivity contribution in [3.8, 4) is 11.8 Å². The first-order chi connectivity index (χ1) is 19.9. The van der Waals surface area contributed by atoms with Crippen molar-refractivity contribution in [3.05, 3.63) is 102 Å². The van der Waals surface area contributed by atoms with Crippen LogP contribution in [-0.4, -0.2) is 69.0 Å². The van der Waals surface area contributed by atoms with Crippen molar-refractivity contribution >= 4 is 16.7 Å². The number of amides is 1. The van der Waals surface area contributed by atoms with Crippen LogP contribution in [0.4, 0.5) is 0 Å². The zero-order valence-electron chi connectivity index (χ0n) is 24.2. The Labute approximate surface area is 242 Å². The van der Waals surface area contributed by atoms with Gasteiger partial charge in [-0.2, -0.15) is 5.26 Å². The number of fused-ring (bicyclic) bond motifs is 1. The van der Waals surface area contributed by atoms with E-state index in [1.165, 1.54) is 0 Å². The molecule has 212 valence electrons. The van der Waals surface area contributed by atoms with Gasteiger partial charge >= 0.3 is 0 Å². The van der Waals surface area contributed by atoms with Crippen LogP contribution in [0.25, 0.3) is 10.8 Å². The minimum Gasteiger partial charge on any atom is -0.496 e. The van der Waals surface area contributed by atoms with Gasteiger partial charge in [0.25, 0.3) is 0 Å². The predicted octanol–water partition coefficient (Wildman–Crippen LogP) is 5.49. The van der Waals surface area contributed by atoms with Gasteiger partial charge < -0.3 is 24.0 Å². The molecule has 1 aliphatic carbocycles. The first-order valence-electron chi connectivity index (χ1n) is 14.0. The standard InChI is InChI=1S/C34H37N3O4/c1-33(24-35,32(38)37-21-19-36(20-22-37)26-13-10-18-34(23-26,40-3)41-4)31(29-15-7-8-17-30(29)39-2)28-16-9-12-25-11-5-6-14-27(25)28/h5-17,23,31H,18-22H2,1-4H3/t31-,33+/m0/s1. The van der Waals surface area contributed by atoms with Gasteiger partial charge in [0.1, 0.15) is 11.2 Å². The van der Waals surface area contributed by atoms with E-state index in [0.29, 0.717) is 38.3 Å². The fourth-order valence-electron chi connectivity index (χ4n) is 6.17. The minimum absolute atomic E-state index is 0.181. The van der Waals surface area contributed by atoms with Crippen LogP contribution in [0.15, 0.2) is 90.7 Å². The molecular formula is C34H37N3O4. The Hall–Kier alpha value is -4.12. The molecule has 7 heteroatoms. The number of rotatable bonds is 8. The van der Waals surface area contributed by atoms with Crippen LogP contribution in [0.3, 0.4) is 0 Å². The number of para-hydroxylation sites is 1. The molecule has 1 heterocycles. The number of nitriles is 1. The lowest BCUT2D eigenvalue weighted by molar-refractivity contribution is -0.169. The minimum atomic E-state index is -1.38. The molecule has 2 aliphatic rings. The molecule has 41 heavy (non-hydrogen) atoms. The average molecular weight is 552 g/mol. The van der Waals surface area contributed by atoms with Gasteiger partial charge in [0, 0.05) is 64.0 Å². The SMILES string of the molecule is COc1ccccc1[C@H](c1cccc2ccccc12)[C@@](C)(C#N)C(=O)N1CCN(C2=CC(OC)(OC)CC=C2)CC1. The molecule has 3 aromatic carbocycles. The van der Waals surface area contributed by atoms with Crippen LogP contribution in [0.1, 0.15) is 30.4 Å². The van der Waals surface area contributed by atoms with E-state index >= 15 is 0 Å². The quantitative estimate of drug-likeness (QED) is 0.345. The van der Waals surface area contributed by atoms with Crippen molar-refractivity contribution in [1.82, 2.24) is 9.80 Å². The highest BCUT2D eigenvalue weighted by atomic mass is 16.7. The van der Waals surface area contributed by atoms with Gasteiger partial charge in [0.15, 0.2) is 5.79 Å². The molecule has 3 aromatic rings. The molecular weight excluding hydrogens is 514 g/mol. The molecule has 0 radical (unpaired) electrons. The number of carbonyl (C=O) groups is 1. The van der Waals surface area contributed by atoms with Crippen LogP contribution in [0.5, 0.6) is 5.75 Å². The predicted molar refractivity (Wildman–Crippen MR) is 159 cm³/mol. The third-order valence-corrected chi connectivity index (χ3v) is 8.52. The average Bonchev–Trinajstić information content (AvgIpc) is 3.04. The fraction of sp³-hybridized carbons (Fsp3) is 0.353. The number of ether oxygens (including phenoxy) is 3. The number of benzene rings is 3. The van der Waals surface area contributed by atoms with Crippen LogP contribution in [0.2, 0.25) is 0 Å². The van der Waals surface area contributed by atoms with Crippen molar-refractivity contribution in [2.75, 3.05) is 47.5 Å². The molecule has 0 aromatic heterocycles. The van der Waals surface area contributed by atoms with Gasteiger partial charge in [-0.15, -0.1) is 0 Å². The Morgan fingerprint density at radius 3 is 2.29 bits per heavy atom. The largest absolute Gasteiger partial charge is 0.496 e. The number of hydrogen-bond acceptors (Lipinski definition) is 6. The summed E-state index contributed by atoms with van der Waals surface area (Å²) in [4.78, 5) is 18.5. The maximum atomic E-state index is 14.4. The number of piperazine rings is 1. The van der Waals surface area contributed by atoms with Gasteiger partial charge in [-0.05, 0) is 41.5 Å². The van der Waals surface area contributed by atoms with Gasteiger partial charge in [0.2, 0.25) is 5.91 Å². The van der Waals surface area contributed by atoms with Gasteiger partial charge in [0.05, 0.1) is 13.2 Å². The number of carbonyl (C=O) groups excluding carboxylic acids is 1. The Morgan fingerprint density at radius 1 is 0.927 bits per heavy atom. The van der Waals surface area contributed by atoms with Crippen LogP contribution >= 0.6 is 0 Å². The Balaban J connectivity index is 1.49. The summed E-state index contributed by atoms with van der Waals surface area (Å²) in [5.41, 5.74) is 1.37. The summed E-state index contributed by atoms with van der Waals surface area (Å²) in [5, 5.41) is 12.9. The van der Waals surface area contributed by atoms with Crippen molar-refractivity contribution in [3.63, 3.8) is 0 Å². The molecule has 0 unspecified atom stereocenters. The highest BCUT2D eigenvalue weighted by molar-refractivity contribution is 5.91. The lowest BCUT2D eigenvalue weighted by Crippen LogP contribution is -2.53. The summed E-state index contributed by atoms with van der Waals surface area (Å²) in [6, 6.07) is 24.3. The molecule has 7 nitrogen and oxygen atoms in total. The van der Waals surface area contributed by atoms with Gasteiger partial charge in [-0.25, -0.2) is 0 Å². The molecule has 5 rings (SSSR count). The van der Waals surface area contributed by atoms with E-state index in [9.17, 15) is 10.1 Å². The highest BCUT2D eigenvalue weighted by Crippen LogP contribution is 2.47. The summed E-state index contributed by atoms with van der Waals surface area (Å²) in [6.07, 6.45) is 6.77. The highest BCUT2D eigenvalue weighted by Gasteiger charge is 2.48. The molecule has 0 bridgehead atoms. The molecule has 1 saturated heterocycles. The van der Waals surface area contributed by atoms with Gasteiger partial charge in [-0.3, -0.25) is 4.79 Å². The second kappa shape index (κ2) is 11.8. The van der Waals surface area contributed by atoms with Crippen molar-refractivity contribution in [2.45, 2.75) is 25.0 Å². The third-order valence-electron chi connectivity index (χ3n) is 8.52. The lowest BCUT2D eigenvalue weighted by atomic mass is 9.68. The second-order valence-electron chi connectivity index (χ2n) is 10.7. The smallest absolute Gasteiger partial charge is 0.243 e. The van der Waals surface area contributed by atoms with Crippen LogP contribution < -0.4 is 4.74 Å². The van der Waals surface area contributed by atoms with Gasteiger partial charge in [-0.1, -0.05) is 66.7 Å². The fourth-order valence-corrected chi connectivity index (χ4v) is 6.17.